The molecule has 0 aliphatic carbocycles. The molecule has 6 nitrogen and oxygen atoms in total. The SMILES string of the molecule is Cc1nc(-c2ccccn2)sc1C(=O)Nc1ccc(C(N)=O)cc1. The summed E-state index contributed by atoms with van der Waals surface area (Å²) in [5, 5.41) is 3.49. The molecular formula is C17H14N4O2S. The van der Waals surface area contributed by atoms with E-state index in [4.69, 9.17) is 5.73 Å². The number of benzene rings is 1. The fraction of sp³-hybridized carbons (Fsp3) is 0.0588. The number of nitrogens with two attached hydrogens (primary N) is 1. The molecule has 1 aromatic carbocycles. The first-order valence-electron chi connectivity index (χ1n) is 7.14. The average Bonchev–Trinajstić information content (AvgIpc) is 2.98. The van der Waals surface area contributed by atoms with Crippen molar-refractivity contribution in [1.29, 1.82) is 0 Å². The van der Waals surface area contributed by atoms with Crippen LogP contribution in [0.5, 0.6) is 0 Å². The van der Waals surface area contributed by atoms with Gasteiger partial charge in [-0.15, -0.1) is 11.3 Å². The predicted molar refractivity (Wildman–Crippen MR) is 93.0 cm³/mol. The second-order valence-corrected chi connectivity index (χ2v) is 6.04. The Labute approximate surface area is 142 Å². The van der Waals surface area contributed by atoms with Crippen LogP contribution in [0.15, 0.2) is 48.7 Å². The number of nitrogens with zero attached hydrogens (tertiary/aromatic N) is 2. The van der Waals surface area contributed by atoms with Crippen LogP contribution < -0.4 is 11.1 Å². The number of aryl methyl sites for hydroxylation is 1. The smallest absolute Gasteiger partial charge is 0.267 e. The highest BCUT2D eigenvalue weighted by atomic mass is 32.1. The van der Waals surface area contributed by atoms with Crippen LogP contribution in [0, 0.1) is 6.92 Å². The van der Waals surface area contributed by atoms with Crippen LogP contribution in [0.4, 0.5) is 5.69 Å². The molecule has 3 aromatic rings. The summed E-state index contributed by atoms with van der Waals surface area (Å²) in [6.07, 6.45) is 1.69. The quantitative estimate of drug-likeness (QED) is 0.764. The number of primary amides is 1. The monoisotopic (exact) mass is 338 g/mol. The lowest BCUT2D eigenvalue weighted by atomic mass is 10.2. The van der Waals surface area contributed by atoms with Crippen LogP contribution in [0.2, 0.25) is 0 Å². The second-order valence-electron chi connectivity index (χ2n) is 5.04. The number of rotatable bonds is 4. The Bertz CT molecular complexity index is 889. The van der Waals surface area contributed by atoms with Crippen LogP contribution in [-0.2, 0) is 0 Å². The van der Waals surface area contributed by atoms with Gasteiger partial charge in [-0.25, -0.2) is 4.98 Å². The Morgan fingerprint density at radius 3 is 2.50 bits per heavy atom. The third-order valence-corrected chi connectivity index (χ3v) is 4.49. The number of nitrogens with one attached hydrogen (secondary N) is 1. The van der Waals surface area contributed by atoms with Gasteiger partial charge in [0.15, 0.2) is 0 Å². The molecule has 2 aromatic heterocycles. The third-order valence-electron chi connectivity index (χ3n) is 3.31. The van der Waals surface area contributed by atoms with Crippen molar-refractivity contribution in [2.45, 2.75) is 6.92 Å². The van der Waals surface area contributed by atoms with Crippen molar-refractivity contribution in [2.75, 3.05) is 5.32 Å². The predicted octanol–water partition coefficient (Wildman–Crippen LogP) is 2.86. The molecule has 0 bridgehead atoms. The number of carbonyl (C=O) groups excluding carboxylic acids is 2. The summed E-state index contributed by atoms with van der Waals surface area (Å²) in [5.74, 6) is -0.759. The van der Waals surface area contributed by atoms with Crippen molar-refractivity contribution in [1.82, 2.24) is 9.97 Å². The first-order valence-corrected chi connectivity index (χ1v) is 7.96. The maximum absolute atomic E-state index is 12.4. The summed E-state index contributed by atoms with van der Waals surface area (Å²) < 4.78 is 0. The Hall–Kier alpha value is -3.06. The van der Waals surface area contributed by atoms with E-state index < -0.39 is 5.91 Å². The molecule has 3 rings (SSSR count). The van der Waals surface area contributed by atoms with Gasteiger partial charge >= 0.3 is 0 Å². The van der Waals surface area contributed by atoms with E-state index in [0.29, 0.717) is 26.8 Å². The van der Waals surface area contributed by atoms with Gasteiger partial charge in [0.25, 0.3) is 5.91 Å². The summed E-state index contributed by atoms with van der Waals surface area (Å²) in [4.78, 5) is 32.7. The van der Waals surface area contributed by atoms with Gasteiger partial charge in [0.1, 0.15) is 9.88 Å². The molecule has 120 valence electrons. The largest absolute Gasteiger partial charge is 0.366 e. The minimum Gasteiger partial charge on any atom is -0.366 e. The molecular weight excluding hydrogens is 324 g/mol. The number of hydrogen-bond acceptors (Lipinski definition) is 5. The second kappa shape index (κ2) is 6.59. The summed E-state index contributed by atoms with van der Waals surface area (Å²) >= 11 is 1.29. The average molecular weight is 338 g/mol. The van der Waals surface area contributed by atoms with Crippen LogP contribution in [0.3, 0.4) is 0 Å². The highest BCUT2D eigenvalue weighted by Crippen LogP contribution is 2.27. The first-order chi connectivity index (χ1) is 11.5. The fourth-order valence-electron chi connectivity index (χ4n) is 2.11. The van der Waals surface area contributed by atoms with Crippen LogP contribution >= 0.6 is 11.3 Å². The highest BCUT2D eigenvalue weighted by molar-refractivity contribution is 7.17. The minimum atomic E-state index is -0.508. The number of amides is 2. The molecule has 0 aliphatic heterocycles. The molecule has 2 amide bonds. The molecule has 0 aliphatic rings. The summed E-state index contributed by atoms with van der Waals surface area (Å²) in [5.41, 5.74) is 7.54. The van der Waals surface area contributed by atoms with E-state index in [1.54, 1.807) is 37.4 Å². The van der Waals surface area contributed by atoms with Crippen molar-refractivity contribution >= 4 is 28.8 Å². The lowest BCUT2D eigenvalue weighted by Gasteiger charge is -2.04. The van der Waals surface area contributed by atoms with Crippen LogP contribution in [0.25, 0.3) is 10.7 Å². The van der Waals surface area contributed by atoms with Gasteiger partial charge in [0, 0.05) is 17.4 Å². The van der Waals surface area contributed by atoms with E-state index in [9.17, 15) is 9.59 Å². The van der Waals surface area contributed by atoms with Crippen molar-refractivity contribution in [3.05, 3.63) is 64.8 Å². The van der Waals surface area contributed by atoms with Gasteiger partial charge in [-0.3, -0.25) is 14.6 Å². The topological polar surface area (TPSA) is 98.0 Å². The Kier molecular flexibility index (Phi) is 4.35. The molecule has 0 fully saturated rings. The zero-order chi connectivity index (χ0) is 17.1. The number of pyridine rings is 1. The van der Waals surface area contributed by atoms with Crippen LogP contribution in [-0.4, -0.2) is 21.8 Å². The van der Waals surface area contributed by atoms with E-state index in [1.807, 2.05) is 18.2 Å². The highest BCUT2D eigenvalue weighted by Gasteiger charge is 2.17. The van der Waals surface area contributed by atoms with Gasteiger partial charge in [-0.05, 0) is 43.3 Å². The molecule has 0 radical (unpaired) electrons. The molecule has 0 saturated carbocycles. The maximum Gasteiger partial charge on any atom is 0.267 e. The molecule has 24 heavy (non-hydrogen) atoms. The molecule has 0 saturated heterocycles. The minimum absolute atomic E-state index is 0.251. The summed E-state index contributed by atoms with van der Waals surface area (Å²) in [7, 11) is 0. The number of aromatic nitrogens is 2. The zero-order valence-corrected chi connectivity index (χ0v) is 13.6. The Balaban J connectivity index is 1.80. The van der Waals surface area contributed by atoms with Gasteiger partial charge in [0.2, 0.25) is 5.91 Å². The van der Waals surface area contributed by atoms with E-state index in [0.717, 1.165) is 5.69 Å². The Morgan fingerprint density at radius 2 is 1.88 bits per heavy atom. The van der Waals surface area contributed by atoms with E-state index in [2.05, 4.69) is 15.3 Å². The number of thiazole rings is 1. The summed E-state index contributed by atoms with van der Waals surface area (Å²) in [6.45, 7) is 1.79. The zero-order valence-electron chi connectivity index (χ0n) is 12.8. The Morgan fingerprint density at radius 1 is 1.12 bits per heavy atom. The first kappa shape index (κ1) is 15.8. The lowest BCUT2D eigenvalue weighted by Crippen LogP contribution is -2.13. The van der Waals surface area contributed by atoms with E-state index in [1.165, 1.54) is 11.3 Å². The van der Waals surface area contributed by atoms with Crippen molar-refractivity contribution in [3.63, 3.8) is 0 Å². The van der Waals surface area contributed by atoms with E-state index in [-0.39, 0.29) is 5.91 Å². The number of hydrogen-bond donors (Lipinski definition) is 2. The molecule has 7 heteroatoms. The fourth-order valence-corrected chi connectivity index (χ4v) is 3.05. The van der Waals surface area contributed by atoms with Crippen molar-refractivity contribution in [2.24, 2.45) is 5.73 Å². The molecule has 0 unspecified atom stereocenters. The third kappa shape index (κ3) is 3.31. The molecule has 0 spiro atoms. The van der Waals surface area contributed by atoms with Gasteiger partial charge in [-0.1, -0.05) is 6.07 Å². The standard InChI is InChI=1S/C17H14N4O2S/c1-10-14(24-17(20-10)13-4-2-3-9-19-13)16(23)21-12-7-5-11(6-8-12)15(18)22/h2-9H,1H3,(H2,18,22)(H,21,23). The normalized spacial score (nSPS) is 10.4. The summed E-state index contributed by atoms with van der Waals surface area (Å²) in [6, 6.07) is 11.9. The molecule has 0 atom stereocenters. The number of carbonyl (C=O) groups is 2. The van der Waals surface area contributed by atoms with E-state index >= 15 is 0 Å². The van der Waals surface area contributed by atoms with Gasteiger partial charge < -0.3 is 11.1 Å². The number of anilines is 1. The van der Waals surface area contributed by atoms with Crippen LogP contribution in [0.1, 0.15) is 25.7 Å². The molecule has 3 N–H and O–H groups in total. The van der Waals surface area contributed by atoms with Gasteiger partial charge in [0.05, 0.1) is 11.4 Å². The van der Waals surface area contributed by atoms with Crippen molar-refractivity contribution in [3.8, 4) is 10.7 Å². The van der Waals surface area contributed by atoms with Crippen molar-refractivity contribution < 1.29 is 9.59 Å². The maximum atomic E-state index is 12.4. The molecule has 2 heterocycles. The lowest BCUT2D eigenvalue weighted by molar-refractivity contribution is 0.0998. The van der Waals surface area contributed by atoms with Gasteiger partial charge in [-0.2, -0.15) is 0 Å².